The molecular weight excluding hydrogens is 308 g/mol. The Kier molecular flexibility index (Phi) is 2.98. The number of anilines is 2. The number of aromatic nitrogens is 5. The molecule has 0 aliphatic heterocycles. The quantitative estimate of drug-likeness (QED) is 0.805. The lowest BCUT2D eigenvalue weighted by Gasteiger charge is -2.02. The van der Waals surface area contributed by atoms with Crippen LogP contribution in [-0.4, -0.2) is 24.4 Å². The van der Waals surface area contributed by atoms with E-state index in [-0.39, 0.29) is 0 Å². The van der Waals surface area contributed by atoms with Gasteiger partial charge in [-0.15, -0.1) is 5.10 Å². The highest BCUT2D eigenvalue weighted by atomic mass is 79.9. The molecule has 3 rings (SSSR count). The van der Waals surface area contributed by atoms with E-state index in [0.717, 1.165) is 15.8 Å². The molecule has 7 heteroatoms. The summed E-state index contributed by atoms with van der Waals surface area (Å²) in [6.07, 6.45) is 5.57. The normalized spacial score (nSPS) is 11.4. The van der Waals surface area contributed by atoms with Gasteiger partial charge in [0, 0.05) is 22.9 Å². The minimum Gasteiger partial charge on any atom is -0.320 e. The van der Waals surface area contributed by atoms with Crippen LogP contribution in [-0.2, 0) is 0 Å². The molecule has 19 heavy (non-hydrogen) atoms. The van der Waals surface area contributed by atoms with E-state index in [9.17, 15) is 0 Å². The zero-order valence-electron chi connectivity index (χ0n) is 10.6. The van der Waals surface area contributed by atoms with Gasteiger partial charge in [-0.05, 0) is 41.9 Å². The average molecular weight is 321 g/mol. The summed E-state index contributed by atoms with van der Waals surface area (Å²) in [5.74, 6) is 0.557. The van der Waals surface area contributed by atoms with Crippen molar-refractivity contribution in [2.75, 3.05) is 5.32 Å². The van der Waals surface area contributed by atoms with Crippen molar-refractivity contribution in [3.8, 4) is 0 Å². The van der Waals surface area contributed by atoms with E-state index in [1.165, 1.54) is 0 Å². The molecule has 0 radical (unpaired) electrons. The Labute approximate surface area is 118 Å². The van der Waals surface area contributed by atoms with Gasteiger partial charge in [0.05, 0.1) is 11.9 Å². The van der Waals surface area contributed by atoms with Gasteiger partial charge in [-0.3, -0.25) is 4.68 Å². The highest BCUT2D eigenvalue weighted by Gasteiger charge is 2.06. The summed E-state index contributed by atoms with van der Waals surface area (Å²) in [4.78, 5) is 4.39. The second-order valence-corrected chi connectivity index (χ2v) is 5.43. The first kappa shape index (κ1) is 12.2. The fraction of sp³-hybridized carbons (Fsp3) is 0.250. The lowest BCUT2D eigenvalue weighted by molar-refractivity contribution is 0.532. The average Bonchev–Trinajstić information content (AvgIpc) is 2.95. The van der Waals surface area contributed by atoms with Gasteiger partial charge in [-0.1, -0.05) is 0 Å². The minimum atomic E-state index is 0.334. The highest BCUT2D eigenvalue weighted by molar-refractivity contribution is 9.10. The summed E-state index contributed by atoms with van der Waals surface area (Å²) in [6, 6.07) is 4.17. The summed E-state index contributed by atoms with van der Waals surface area (Å²) in [5.41, 5.74) is 1.67. The van der Waals surface area contributed by atoms with Crippen molar-refractivity contribution in [2.45, 2.75) is 19.9 Å². The molecule has 0 spiro atoms. The number of nitrogens with zero attached hydrogens (tertiary/aromatic N) is 5. The first-order valence-electron chi connectivity index (χ1n) is 5.95. The Morgan fingerprint density at radius 1 is 1.26 bits per heavy atom. The fourth-order valence-corrected chi connectivity index (χ4v) is 2.05. The first-order valence-corrected chi connectivity index (χ1v) is 6.74. The number of pyridine rings is 1. The van der Waals surface area contributed by atoms with Crippen molar-refractivity contribution < 1.29 is 0 Å². The summed E-state index contributed by atoms with van der Waals surface area (Å²) >= 11 is 3.41. The maximum Gasteiger partial charge on any atom is 0.247 e. The molecule has 3 heterocycles. The maximum atomic E-state index is 4.39. The van der Waals surface area contributed by atoms with Crippen molar-refractivity contribution >= 4 is 33.2 Å². The lowest BCUT2D eigenvalue weighted by atomic mass is 10.4. The Bertz CT molecular complexity index is 714. The van der Waals surface area contributed by atoms with E-state index in [1.807, 2.05) is 29.2 Å². The number of halogens is 1. The van der Waals surface area contributed by atoms with Crippen molar-refractivity contribution in [3.05, 3.63) is 35.2 Å². The van der Waals surface area contributed by atoms with E-state index in [1.54, 1.807) is 10.7 Å². The van der Waals surface area contributed by atoms with Crippen LogP contribution in [0.2, 0.25) is 0 Å². The van der Waals surface area contributed by atoms with Crippen LogP contribution in [0.5, 0.6) is 0 Å². The summed E-state index contributed by atoms with van der Waals surface area (Å²) in [7, 11) is 0. The van der Waals surface area contributed by atoms with Crippen molar-refractivity contribution in [1.82, 2.24) is 24.4 Å². The zero-order chi connectivity index (χ0) is 13.4. The zero-order valence-corrected chi connectivity index (χ0v) is 12.2. The minimum absolute atomic E-state index is 0.334. The Hall–Kier alpha value is -1.89. The third-order valence-corrected chi connectivity index (χ3v) is 3.15. The van der Waals surface area contributed by atoms with Crippen LogP contribution in [0.1, 0.15) is 19.9 Å². The first-order chi connectivity index (χ1) is 9.11. The van der Waals surface area contributed by atoms with Crippen LogP contribution in [0.25, 0.3) is 5.65 Å². The Morgan fingerprint density at radius 3 is 2.84 bits per heavy atom. The monoisotopic (exact) mass is 320 g/mol. The van der Waals surface area contributed by atoms with Gasteiger partial charge in [0.2, 0.25) is 5.95 Å². The molecule has 0 aromatic carbocycles. The van der Waals surface area contributed by atoms with Crippen molar-refractivity contribution in [3.63, 3.8) is 0 Å². The predicted molar refractivity (Wildman–Crippen MR) is 76.6 cm³/mol. The van der Waals surface area contributed by atoms with E-state index in [2.05, 4.69) is 50.3 Å². The molecule has 6 nitrogen and oxygen atoms in total. The molecule has 0 aliphatic carbocycles. The van der Waals surface area contributed by atoms with Gasteiger partial charge in [0.15, 0.2) is 5.65 Å². The Morgan fingerprint density at radius 2 is 2.11 bits per heavy atom. The second-order valence-electron chi connectivity index (χ2n) is 4.51. The SMILES string of the molecule is CC(C)n1cc(Nc2nc3ccc(Br)cn3n2)cn1. The van der Waals surface area contributed by atoms with Crippen LogP contribution in [0.3, 0.4) is 0 Å². The molecule has 0 bridgehead atoms. The van der Waals surface area contributed by atoms with Gasteiger partial charge in [0.25, 0.3) is 0 Å². The molecule has 3 aromatic rings. The largest absolute Gasteiger partial charge is 0.320 e. The molecule has 0 saturated carbocycles. The molecule has 1 N–H and O–H groups in total. The molecule has 0 aliphatic rings. The van der Waals surface area contributed by atoms with Crippen LogP contribution < -0.4 is 5.32 Å². The summed E-state index contributed by atoms with van der Waals surface area (Å²) < 4.78 is 4.57. The molecule has 0 atom stereocenters. The Balaban J connectivity index is 1.87. The molecule has 3 aromatic heterocycles. The topological polar surface area (TPSA) is 60.0 Å². The van der Waals surface area contributed by atoms with Gasteiger partial charge in [0.1, 0.15) is 0 Å². The summed E-state index contributed by atoms with van der Waals surface area (Å²) in [5, 5.41) is 11.8. The predicted octanol–water partition coefficient (Wildman–Crippen LogP) is 3.01. The summed E-state index contributed by atoms with van der Waals surface area (Å²) in [6.45, 7) is 4.16. The number of hydrogen-bond donors (Lipinski definition) is 1. The van der Waals surface area contributed by atoms with E-state index in [4.69, 9.17) is 0 Å². The molecule has 0 unspecified atom stereocenters. The van der Waals surface area contributed by atoms with Crippen LogP contribution in [0, 0.1) is 0 Å². The van der Waals surface area contributed by atoms with Crippen molar-refractivity contribution in [2.24, 2.45) is 0 Å². The fourth-order valence-electron chi connectivity index (χ4n) is 1.73. The third-order valence-electron chi connectivity index (χ3n) is 2.68. The van der Waals surface area contributed by atoms with Gasteiger partial charge >= 0.3 is 0 Å². The number of rotatable bonds is 3. The molecular formula is C12H13BrN6. The molecule has 0 amide bonds. The van der Waals surface area contributed by atoms with Crippen LogP contribution >= 0.6 is 15.9 Å². The molecule has 0 fully saturated rings. The van der Waals surface area contributed by atoms with Gasteiger partial charge in [-0.2, -0.15) is 10.1 Å². The van der Waals surface area contributed by atoms with E-state index >= 15 is 0 Å². The highest BCUT2D eigenvalue weighted by Crippen LogP contribution is 2.16. The van der Waals surface area contributed by atoms with E-state index in [0.29, 0.717) is 12.0 Å². The smallest absolute Gasteiger partial charge is 0.247 e. The van der Waals surface area contributed by atoms with Gasteiger partial charge in [-0.25, -0.2) is 4.52 Å². The second kappa shape index (κ2) is 4.65. The van der Waals surface area contributed by atoms with Crippen molar-refractivity contribution in [1.29, 1.82) is 0 Å². The number of fused-ring (bicyclic) bond motifs is 1. The maximum absolute atomic E-state index is 4.39. The van der Waals surface area contributed by atoms with Crippen LogP contribution in [0.15, 0.2) is 35.2 Å². The third kappa shape index (κ3) is 2.46. The lowest BCUT2D eigenvalue weighted by Crippen LogP contribution is -2.00. The standard InChI is InChI=1S/C12H13BrN6/c1-8(2)18-7-10(5-14-18)15-12-16-11-4-3-9(13)6-19(11)17-12/h3-8H,1-2H3,(H,15,17). The van der Waals surface area contributed by atoms with Crippen LogP contribution in [0.4, 0.5) is 11.6 Å². The number of hydrogen-bond acceptors (Lipinski definition) is 4. The molecule has 0 saturated heterocycles. The van der Waals surface area contributed by atoms with Gasteiger partial charge < -0.3 is 5.32 Å². The molecule has 98 valence electrons. The van der Waals surface area contributed by atoms with E-state index < -0.39 is 0 Å². The number of nitrogens with one attached hydrogen (secondary N) is 1.